The van der Waals surface area contributed by atoms with E-state index in [2.05, 4.69) is 5.32 Å². The maximum Gasteiger partial charge on any atom is 0.304 e. The highest BCUT2D eigenvalue weighted by molar-refractivity contribution is 5.67. The Hall–Kier alpha value is -1.59. The molecule has 0 aliphatic rings. The van der Waals surface area contributed by atoms with E-state index < -0.39 is 5.97 Å². The molecule has 5 heteroatoms. The van der Waals surface area contributed by atoms with Gasteiger partial charge < -0.3 is 20.3 Å². The van der Waals surface area contributed by atoms with Crippen LogP contribution in [0.25, 0.3) is 0 Å². The number of aliphatic carboxylic acids is 1. The number of aliphatic hydroxyl groups is 1. The Bertz CT molecular complexity index is 450. The molecule has 0 aliphatic carbocycles. The minimum Gasteiger partial charge on any atom is -0.497 e. The largest absolute Gasteiger partial charge is 0.497 e. The smallest absolute Gasteiger partial charge is 0.304 e. The molecular weight excluding hydrogens is 270 g/mol. The lowest BCUT2D eigenvalue weighted by atomic mass is 9.94. The van der Waals surface area contributed by atoms with E-state index in [4.69, 9.17) is 14.9 Å². The highest BCUT2D eigenvalue weighted by Crippen LogP contribution is 2.23. The van der Waals surface area contributed by atoms with Crippen molar-refractivity contribution in [2.24, 2.45) is 0 Å². The molecule has 0 aromatic heterocycles. The lowest BCUT2D eigenvalue weighted by Gasteiger charge is -2.20. The van der Waals surface area contributed by atoms with Gasteiger partial charge in [-0.2, -0.15) is 0 Å². The molecule has 1 aromatic rings. The van der Waals surface area contributed by atoms with Gasteiger partial charge in [0.05, 0.1) is 13.5 Å². The normalized spacial score (nSPS) is 12.2. The van der Waals surface area contributed by atoms with Crippen LogP contribution in [0.5, 0.6) is 5.75 Å². The summed E-state index contributed by atoms with van der Waals surface area (Å²) in [6.45, 7) is 4.74. The van der Waals surface area contributed by atoms with Crippen LogP contribution in [0.1, 0.15) is 29.5 Å². The van der Waals surface area contributed by atoms with E-state index in [-0.39, 0.29) is 19.1 Å². The molecule has 1 aromatic carbocycles. The summed E-state index contributed by atoms with van der Waals surface area (Å²) >= 11 is 0. The first-order chi connectivity index (χ1) is 9.97. The summed E-state index contributed by atoms with van der Waals surface area (Å²) in [5, 5.41) is 21.1. The van der Waals surface area contributed by atoms with E-state index >= 15 is 0 Å². The van der Waals surface area contributed by atoms with Gasteiger partial charge >= 0.3 is 5.97 Å². The highest BCUT2D eigenvalue weighted by atomic mass is 16.5. The van der Waals surface area contributed by atoms with Gasteiger partial charge in [-0.25, -0.2) is 0 Å². The molecule has 5 nitrogen and oxygen atoms in total. The van der Waals surface area contributed by atoms with Crippen LogP contribution in [-0.4, -0.2) is 42.5 Å². The summed E-state index contributed by atoms with van der Waals surface area (Å²) < 4.78 is 5.24. The van der Waals surface area contributed by atoms with Crippen LogP contribution in [0.15, 0.2) is 12.1 Å². The molecule has 0 radical (unpaired) electrons. The van der Waals surface area contributed by atoms with Crippen molar-refractivity contribution in [1.82, 2.24) is 5.32 Å². The number of aryl methyl sites for hydroxylation is 2. The van der Waals surface area contributed by atoms with E-state index in [0.717, 1.165) is 22.4 Å². The Balaban J connectivity index is 2.84. The molecule has 1 atom stereocenters. The molecule has 118 valence electrons. The number of hydrogen-bond acceptors (Lipinski definition) is 4. The number of benzene rings is 1. The van der Waals surface area contributed by atoms with Gasteiger partial charge in [-0.1, -0.05) is 0 Å². The molecule has 21 heavy (non-hydrogen) atoms. The maximum atomic E-state index is 11.0. The molecule has 0 fully saturated rings. The second kappa shape index (κ2) is 8.64. The summed E-state index contributed by atoms with van der Waals surface area (Å²) in [7, 11) is 1.64. The summed E-state index contributed by atoms with van der Waals surface area (Å²) in [5.74, 6) is -0.00269. The minimum absolute atomic E-state index is 0.0658. The molecule has 0 saturated heterocycles. The Kier molecular flexibility index (Phi) is 7.19. The molecule has 1 unspecified atom stereocenters. The van der Waals surface area contributed by atoms with Crippen LogP contribution >= 0.6 is 0 Å². The number of carboxylic acids is 1. The van der Waals surface area contributed by atoms with Gasteiger partial charge in [-0.15, -0.1) is 0 Å². The Morgan fingerprint density at radius 1 is 1.33 bits per heavy atom. The average Bonchev–Trinajstić information content (AvgIpc) is 2.41. The topological polar surface area (TPSA) is 78.8 Å². The third-order valence-corrected chi connectivity index (χ3v) is 3.54. The zero-order chi connectivity index (χ0) is 15.8. The fourth-order valence-corrected chi connectivity index (χ4v) is 2.45. The number of rotatable bonds is 9. The number of carbonyl (C=O) groups is 1. The molecule has 1 rings (SSSR count). The molecule has 0 aliphatic heterocycles. The van der Waals surface area contributed by atoms with E-state index in [1.807, 2.05) is 26.0 Å². The Labute approximate surface area is 125 Å². The first-order valence-electron chi connectivity index (χ1n) is 7.18. The van der Waals surface area contributed by atoms with Crippen LogP contribution in [0.3, 0.4) is 0 Å². The molecular formula is C16H25NO4. The van der Waals surface area contributed by atoms with E-state index in [1.54, 1.807) is 7.11 Å². The second-order valence-electron chi connectivity index (χ2n) is 5.27. The van der Waals surface area contributed by atoms with Crippen molar-refractivity contribution < 1.29 is 19.7 Å². The zero-order valence-electron chi connectivity index (χ0n) is 13.0. The average molecular weight is 295 g/mol. The number of aliphatic hydroxyl groups excluding tert-OH is 1. The first kappa shape index (κ1) is 17.5. The predicted molar refractivity (Wildman–Crippen MR) is 81.9 cm³/mol. The SMILES string of the molecule is COc1cc(C)c(CC(CC(=O)O)NCCCO)c(C)c1. The van der Waals surface area contributed by atoms with Gasteiger partial charge in [-0.05, 0) is 62.1 Å². The number of ether oxygens (including phenoxy) is 1. The molecule has 0 bridgehead atoms. The van der Waals surface area contributed by atoms with Gasteiger partial charge in [-0.3, -0.25) is 4.79 Å². The third-order valence-electron chi connectivity index (χ3n) is 3.54. The van der Waals surface area contributed by atoms with Crippen LogP contribution in [0.2, 0.25) is 0 Å². The Morgan fingerprint density at radius 3 is 2.43 bits per heavy atom. The monoisotopic (exact) mass is 295 g/mol. The van der Waals surface area contributed by atoms with Crippen molar-refractivity contribution in [3.63, 3.8) is 0 Å². The van der Waals surface area contributed by atoms with Gasteiger partial charge in [0.1, 0.15) is 5.75 Å². The van der Waals surface area contributed by atoms with Crippen LogP contribution < -0.4 is 10.1 Å². The summed E-state index contributed by atoms with van der Waals surface area (Å²) in [6.07, 6.45) is 1.34. The van der Waals surface area contributed by atoms with Gasteiger partial charge in [0.2, 0.25) is 0 Å². The third kappa shape index (κ3) is 5.73. The molecule has 0 heterocycles. The molecule has 0 spiro atoms. The number of methoxy groups -OCH3 is 1. The first-order valence-corrected chi connectivity index (χ1v) is 7.18. The highest BCUT2D eigenvalue weighted by Gasteiger charge is 2.16. The van der Waals surface area contributed by atoms with Crippen LogP contribution in [0, 0.1) is 13.8 Å². The molecule has 3 N–H and O–H groups in total. The van der Waals surface area contributed by atoms with Gasteiger partial charge in [0.15, 0.2) is 0 Å². The predicted octanol–water partition coefficient (Wildman–Crippen LogP) is 1.67. The minimum atomic E-state index is -0.819. The fourth-order valence-electron chi connectivity index (χ4n) is 2.45. The zero-order valence-corrected chi connectivity index (χ0v) is 13.0. The van der Waals surface area contributed by atoms with Crippen molar-refractivity contribution in [3.8, 4) is 5.75 Å². The van der Waals surface area contributed by atoms with Gasteiger partial charge in [0, 0.05) is 12.6 Å². The fraction of sp³-hybridized carbons (Fsp3) is 0.562. The second-order valence-corrected chi connectivity index (χ2v) is 5.27. The Morgan fingerprint density at radius 2 is 1.95 bits per heavy atom. The van der Waals surface area contributed by atoms with Crippen LogP contribution in [-0.2, 0) is 11.2 Å². The summed E-state index contributed by atoms with van der Waals surface area (Å²) in [4.78, 5) is 11.0. The summed E-state index contributed by atoms with van der Waals surface area (Å²) in [5.41, 5.74) is 3.36. The van der Waals surface area contributed by atoms with Gasteiger partial charge in [0.25, 0.3) is 0 Å². The lowest BCUT2D eigenvalue weighted by Crippen LogP contribution is -2.34. The van der Waals surface area contributed by atoms with Crippen molar-refractivity contribution in [2.45, 2.75) is 39.2 Å². The van der Waals surface area contributed by atoms with Crippen molar-refractivity contribution in [2.75, 3.05) is 20.3 Å². The van der Waals surface area contributed by atoms with Crippen molar-refractivity contribution in [1.29, 1.82) is 0 Å². The quantitative estimate of drug-likeness (QED) is 0.604. The van der Waals surface area contributed by atoms with Crippen molar-refractivity contribution >= 4 is 5.97 Å². The van der Waals surface area contributed by atoms with Crippen LogP contribution in [0.4, 0.5) is 0 Å². The molecule has 0 saturated carbocycles. The number of carboxylic acid groups (broad SMARTS) is 1. The van der Waals surface area contributed by atoms with E-state index in [0.29, 0.717) is 19.4 Å². The standard InChI is InChI=1S/C16H25NO4/c1-11-7-14(21-3)8-12(2)15(11)9-13(10-16(19)20)17-5-4-6-18/h7-8,13,17-18H,4-6,9-10H2,1-3H3,(H,19,20). The van der Waals surface area contributed by atoms with Crippen molar-refractivity contribution in [3.05, 3.63) is 28.8 Å². The lowest BCUT2D eigenvalue weighted by molar-refractivity contribution is -0.137. The number of hydrogen-bond donors (Lipinski definition) is 3. The summed E-state index contributed by atoms with van der Waals surface area (Å²) in [6, 6.07) is 3.79. The van der Waals surface area contributed by atoms with E-state index in [9.17, 15) is 4.79 Å². The molecule has 0 amide bonds. The number of nitrogens with one attached hydrogen (secondary N) is 1. The maximum absolute atomic E-state index is 11.0. The van der Waals surface area contributed by atoms with E-state index in [1.165, 1.54) is 0 Å².